The Balaban J connectivity index is 1.89. The van der Waals surface area contributed by atoms with E-state index in [0.29, 0.717) is 6.04 Å². The smallest absolute Gasteiger partial charge is 0.260 e. The van der Waals surface area contributed by atoms with Crippen LogP contribution in [-0.2, 0) is 4.79 Å². The molecule has 1 heterocycles. The molecule has 0 saturated carbocycles. The van der Waals surface area contributed by atoms with Gasteiger partial charge < -0.3 is 15.0 Å². The third kappa shape index (κ3) is 4.61. The quantitative estimate of drug-likeness (QED) is 0.736. The topological polar surface area (TPSA) is 41.6 Å². The van der Waals surface area contributed by atoms with Crippen LogP contribution in [0.25, 0.3) is 0 Å². The number of hydrogen-bond donors (Lipinski definition) is 1. The number of carbonyl (C=O) groups is 1. The van der Waals surface area contributed by atoms with Gasteiger partial charge in [0.25, 0.3) is 5.91 Å². The molecule has 1 atom stereocenters. The van der Waals surface area contributed by atoms with E-state index in [1.54, 1.807) is 0 Å². The SMILES string of the molecule is C[C@H]1CN(C(=O)COc2cc(Br)cc(I)c2)CCN1. The number of halogens is 2. The number of hydrogen-bond acceptors (Lipinski definition) is 3. The average Bonchev–Trinajstić information content (AvgIpc) is 2.35. The number of nitrogens with one attached hydrogen (secondary N) is 1. The highest BCUT2D eigenvalue weighted by atomic mass is 127. The lowest BCUT2D eigenvalue weighted by Crippen LogP contribution is -2.52. The van der Waals surface area contributed by atoms with Crippen LogP contribution in [0.1, 0.15) is 6.92 Å². The Morgan fingerprint density at radius 2 is 2.37 bits per heavy atom. The van der Waals surface area contributed by atoms with Gasteiger partial charge >= 0.3 is 0 Å². The Labute approximate surface area is 135 Å². The Bertz CT molecular complexity index is 450. The van der Waals surface area contributed by atoms with E-state index in [2.05, 4.69) is 50.8 Å². The molecule has 1 N–H and O–H groups in total. The zero-order valence-electron chi connectivity index (χ0n) is 10.7. The number of rotatable bonds is 3. The summed E-state index contributed by atoms with van der Waals surface area (Å²) in [5.41, 5.74) is 0. The van der Waals surface area contributed by atoms with Crippen LogP contribution >= 0.6 is 38.5 Å². The number of nitrogens with zero attached hydrogens (tertiary/aromatic N) is 1. The third-order valence-electron chi connectivity index (χ3n) is 2.92. The normalized spacial score (nSPS) is 19.3. The van der Waals surface area contributed by atoms with Gasteiger partial charge in [-0.05, 0) is 47.7 Å². The van der Waals surface area contributed by atoms with Crippen LogP contribution in [0.5, 0.6) is 5.75 Å². The minimum absolute atomic E-state index is 0.0448. The van der Waals surface area contributed by atoms with E-state index in [0.717, 1.165) is 33.4 Å². The number of benzene rings is 1. The van der Waals surface area contributed by atoms with Crippen molar-refractivity contribution in [2.45, 2.75) is 13.0 Å². The van der Waals surface area contributed by atoms with E-state index in [4.69, 9.17) is 4.74 Å². The molecule has 1 aromatic carbocycles. The van der Waals surface area contributed by atoms with Crippen LogP contribution < -0.4 is 10.1 Å². The standard InChI is InChI=1S/C13H16BrIN2O2/c1-9-7-17(3-2-16-9)13(18)8-19-12-5-10(14)4-11(15)6-12/h4-6,9,16H,2-3,7-8H2,1H3/t9-/m0/s1. The number of carbonyl (C=O) groups excluding carboxylic acids is 1. The Kier molecular flexibility index (Phi) is 5.47. The van der Waals surface area contributed by atoms with Crippen molar-refractivity contribution in [1.82, 2.24) is 10.2 Å². The number of amides is 1. The summed E-state index contributed by atoms with van der Waals surface area (Å²) < 4.78 is 7.60. The Hall–Kier alpha value is -0.340. The molecule has 0 spiro atoms. The summed E-state index contributed by atoms with van der Waals surface area (Å²) in [6, 6.07) is 6.13. The summed E-state index contributed by atoms with van der Waals surface area (Å²) in [6.45, 7) is 4.53. The van der Waals surface area contributed by atoms with E-state index < -0.39 is 0 Å². The minimum atomic E-state index is 0.0448. The summed E-state index contributed by atoms with van der Waals surface area (Å²) in [5, 5.41) is 3.31. The maximum Gasteiger partial charge on any atom is 0.260 e. The maximum absolute atomic E-state index is 12.0. The lowest BCUT2D eigenvalue weighted by Gasteiger charge is -2.31. The van der Waals surface area contributed by atoms with Crippen LogP contribution in [0.4, 0.5) is 0 Å². The summed E-state index contributed by atoms with van der Waals surface area (Å²) in [5.74, 6) is 0.763. The largest absolute Gasteiger partial charge is 0.484 e. The van der Waals surface area contributed by atoms with E-state index >= 15 is 0 Å². The fraction of sp³-hybridized carbons (Fsp3) is 0.462. The van der Waals surface area contributed by atoms with Crippen LogP contribution in [0.2, 0.25) is 0 Å². The molecule has 1 amide bonds. The van der Waals surface area contributed by atoms with E-state index in [9.17, 15) is 4.79 Å². The minimum Gasteiger partial charge on any atom is -0.484 e. The molecule has 1 saturated heterocycles. The second-order valence-electron chi connectivity index (χ2n) is 4.59. The van der Waals surface area contributed by atoms with Gasteiger partial charge in [-0.15, -0.1) is 0 Å². The third-order valence-corrected chi connectivity index (χ3v) is 4.00. The van der Waals surface area contributed by atoms with Gasteiger partial charge in [-0.25, -0.2) is 0 Å². The highest BCUT2D eigenvalue weighted by Crippen LogP contribution is 2.22. The van der Waals surface area contributed by atoms with Gasteiger partial charge in [0, 0.05) is 33.7 Å². The second-order valence-corrected chi connectivity index (χ2v) is 6.75. The highest BCUT2D eigenvalue weighted by molar-refractivity contribution is 14.1. The maximum atomic E-state index is 12.0. The molecule has 19 heavy (non-hydrogen) atoms. The molecular weight excluding hydrogens is 423 g/mol. The van der Waals surface area contributed by atoms with Gasteiger partial charge in [-0.2, -0.15) is 0 Å². The first-order chi connectivity index (χ1) is 9.04. The molecule has 0 bridgehead atoms. The second kappa shape index (κ2) is 6.90. The molecule has 104 valence electrons. The fourth-order valence-electron chi connectivity index (χ4n) is 2.01. The van der Waals surface area contributed by atoms with Gasteiger partial charge in [-0.3, -0.25) is 4.79 Å². The van der Waals surface area contributed by atoms with Gasteiger partial charge in [0.2, 0.25) is 0 Å². The lowest BCUT2D eigenvalue weighted by atomic mass is 10.2. The van der Waals surface area contributed by atoms with Crippen molar-refractivity contribution in [3.63, 3.8) is 0 Å². The van der Waals surface area contributed by atoms with Gasteiger partial charge in [0.15, 0.2) is 6.61 Å². The predicted octanol–water partition coefficient (Wildman–Crippen LogP) is 2.25. The molecule has 6 heteroatoms. The Morgan fingerprint density at radius 3 is 3.05 bits per heavy atom. The molecular formula is C13H16BrIN2O2. The number of piperazine rings is 1. The zero-order valence-corrected chi connectivity index (χ0v) is 14.4. The first-order valence-corrected chi connectivity index (χ1v) is 8.02. The summed E-state index contributed by atoms with van der Waals surface area (Å²) >= 11 is 5.64. The first-order valence-electron chi connectivity index (χ1n) is 6.14. The van der Waals surface area contributed by atoms with Crippen molar-refractivity contribution < 1.29 is 9.53 Å². The predicted molar refractivity (Wildman–Crippen MR) is 86.4 cm³/mol. The summed E-state index contributed by atoms with van der Waals surface area (Å²) in [6.07, 6.45) is 0. The van der Waals surface area contributed by atoms with Crippen molar-refractivity contribution in [2.24, 2.45) is 0 Å². The van der Waals surface area contributed by atoms with Gasteiger partial charge in [0.1, 0.15) is 5.75 Å². The molecule has 0 radical (unpaired) electrons. The average molecular weight is 439 g/mol. The van der Waals surface area contributed by atoms with Crippen LogP contribution in [-0.4, -0.2) is 43.1 Å². The van der Waals surface area contributed by atoms with Crippen molar-refractivity contribution >= 4 is 44.4 Å². The first kappa shape index (κ1) is 15.1. The summed E-state index contributed by atoms with van der Waals surface area (Å²) in [4.78, 5) is 13.9. The van der Waals surface area contributed by atoms with Crippen molar-refractivity contribution in [3.8, 4) is 5.75 Å². The molecule has 1 aromatic rings. The van der Waals surface area contributed by atoms with Crippen LogP contribution in [0.15, 0.2) is 22.7 Å². The molecule has 1 aliphatic rings. The van der Waals surface area contributed by atoms with Crippen molar-refractivity contribution in [3.05, 3.63) is 26.2 Å². The van der Waals surface area contributed by atoms with E-state index in [-0.39, 0.29) is 12.5 Å². The van der Waals surface area contributed by atoms with E-state index in [1.165, 1.54) is 0 Å². The molecule has 0 aromatic heterocycles. The van der Waals surface area contributed by atoms with Crippen molar-refractivity contribution in [1.29, 1.82) is 0 Å². The van der Waals surface area contributed by atoms with Gasteiger partial charge in [0.05, 0.1) is 0 Å². The zero-order chi connectivity index (χ0) is 13.8. The molecule has 0 aliphatic carbocycles. The van der Waals surface area contributed by atoms with Crippen LogP contribution in [0.3, 0.4) is 0 Å². The molecule has 4 nitrogen and oxygen atoms in total. The van der Waals surface area contributed by atoms with E-state index in [1.807, 2.05) is 23.1 Å². The van der Waals surface area contributed by atoms with Crippen LogP contribution in [0, 0.1) is 3.57 Å². The molecule has 0 unspecified atom stereocenters. The molecule has 2 rings (SSSR count). The Morgan fingerprint density at radius 1 is 1.58 bits per heavy atom. The van der Waals surface area contributed by atoms with Crippen molar-refractivity contribution in [2.75, 3.05) is 26.2 Å². The highest BCUT2D eigenvalue weighted by Gasteiger charge is 2.20. The summed E-state index contributed by atoms with van der Waals surface area (Å²) in [7, 11) is 0. The van der Waals surface area contributed by atoms with Gasteiger partial charge in [-0.1, -0.05) is 15.9 Å². The monoisotopic (exact) mass is 438 g/mol. The number of ether oxygens (including phenoxy) is 1. The lowest BCUT2D eigenvalue weighted by molar-refractivity contribution is -0.134. The molecule has 1 fully saturated rings. The fourth-order valence-corrected chi connectivity index (χ4v) is 3.55. The molecule has 1 aliphatic heterocycles.